The molecule has 0 radical (unpaired) electrons. The van der Waals surface area contributed by atoms with Crippen LogP contribution in [0.25, 0.3) is 5.69 Å². The van der Waals surface area contributed by atoms with Crippen molar-refractivity contribution in [1.82, 2.24) is 34.7 Å². The van der Waals surface area contributed by atoms with E-state index >= 15 is 0 Å². The van der Waals surface area contributed by atoms with Crippen molar-refractivity contribution in [1.29, 1.82) is 0 Å². The highest BCUT2D eigenvalue weighted by Crippen LogP contribution is 2.40. The van der Waals surface area contributed by atoms with Crippen molar-refractivity contribution < 1.29 is 27.0 Å². The fourth-order valence-electron chi connectivity index (χ4n) is 4.20. The molecule has 0 unspecified atom stereocenters. The van der Waals surface area contributed by atoms with E-state index in [0.29, 0.717) is 23.7 Å². The van der Waals surface area contributed by atoms with Gasteiger partial charge in [0.2, 0.25) is 27.7 Å². The van der Waals surface area contributed by atoms with Gasteiger partial charge in [-0.2, -0.15) is 9.97 Å². The molecule has 0 spiro atoms. The zero-order valence-corrected chi connectivity index (χ0v) is 22.1. The number of hydrogen-bond acceptors (Lipinski definition) is 11. The lowest BCUT2D eigenvalue weighted by Gasteiger charge is -2.23. The van der Waals surface area contributed by atoms with Crippen LogP contribution in [0, 0.1) is 0 Å². The predicted molar refractivity (Wildman–Crippen MR) is 130 cm³/mol. The van der Waals surface area contributed by atoms with Crippen LogP contribution in [-0.2, 0) is 14.8 Å². The van der Waals surface area contributed by atoms with E-state index in [1.165, 1.54) is 51.5 Å². The Hall–Kier alpha value is -3.17. The molecule has 0 bridgehead atoms. The molecule has 3 aromatic heterocycles. The van der Waals surface area contributed by atoms with Crippen LogP contribution in [0.15, 0.2) is 18.7 Å². The molecule has 13 nitrogen and oxygen atoms in total. The topological polar surface area (TPSA) is 156 Å². The lowest BCUT2D eigenvalue weighted by Crippen LogP contribution is -2.33. The van der Waals surface area contributed by atoms with Crippen molar-refractivity contribution in [2.45, 2.75) is 49.6 Å². The molecule has 3 aromatic rings. The standard InChI is InChI=1S/C21H26ClFN8O5S/c1-11(16(34-2)17-24-8-13(22)9-25-17)37(32,33)30-21-29-28-18(12-5-6-14(23)7-12)31(21)15-19(35-3)26-10-27-20(15)36-4/h8-12,14,16H,5-7H2,1-4H3,(H,29,30)/t11-,12+,14+,16-/m0/s1. The Balaban J connectivity index is 1.78. The molecule has 4 rings (SSSR count). The smallest absolute Gasteiger partial charge is 0.245 e. The minimum Gasteiger partial charge on any atom is -0.479 e. The molecule has 0 aromatic carbocycles. The predicted octanol–water partition coefficient (Wildman–Crippen LogP) is 2.64. The molecule has 0 aliphatic heterocycles. The molecule has 0 saturated heterocycles. The monoisotopic (exact) mass is 556 g/mol. The van der Waals surface area contributed by atoms with Crippen LogP contribution >= 0.6 is 11.6 Å². The van der Waals surface area contributed by atoms with Crippen molar-refractivity contribution in [2.24, 2.45) is 0 Å². The molecular formula is C21H26ClFN8O5S. The van der Waals surface area contributed by atoms with E-state index in [1.54, 1.807) is 0 Å². The van der Waals surface area contributed by atoms with Crippen molar-refractivity contribution in [2.75, 3.05) is 26.1 Å². The number of nitrogens with one attached hydrogen (secondary N) is 1. The van der Waals surface area contributed by atoms with Gasteiger partial charge in [-0.1, -0.05) is 11.6 Å². The van der Waals surface area contributed by atoms with Gasteiger partial charge in [-0.15, -0.1) is 10.2 Å². The average Bonchev–Trinajstić information content (AvgIpc) is 3.50. The Morgan fingerprint density at radius 2 is 1.73 bits per heavy atom. The average molecular weight is 557 g/mol. The van der Waals surface area contributed by atoms with Gasteiger partial charge in [-0.3, -0.25) is 9.29 Å². The number of aromatic nitrogens is 7. The molecule has 3 heterocycles. The molecule has 200 valence electrons. The highest BCUT2D eigenvalue weighted by Gasteiger charge is 2.37. The van der Waals surface area contributed by atoms with Gasteiger partial charge in [-0.05, 0) is 26.2 Å². The summed E-state index contributed by atoms with van der Waals surface area (Å²) in [5.74, 6) is 0.110. The zero-order chi connectivity index (χ0) is 26.7. The molecule has 0 amide bonds. The van der Waals surface area contributed by atoms with Crippen LogP contribution in [0.4, 0.5) is 10.3 Å². The number of hydrogen-bond donors (Lipinski definition) is 1. The van der Waals surface area contributed by atoms with E-state index in [2.05, 4.69) is 34.9 Å². The number of sulfonamides is 1. The minimum absolute atomic E-state index is 0.0838. The van der Waals surface area contributed by atoms with Gasteiger partial charge in [0.1, 0.15) is 29.7 Å². The molecule has 4 atom stereocenters. The molecule has 1 aliphatic rings. The Bertz CT molecular complexity index is 1320. The third-order valence-electron chi connectivity index (χ3n) is 6.09. The van der Waals surface area contributed by atoms with Gasteiger partial charge in [0.15, 0.2) is 11.5 Å². The van der Waals surface area contributed by atoms with Crippen LogP contribution in [0.3, 0.4) is 0 Å². The van der Waals surface area contributed by atoms with Crippen LogP contribution < -0.4 is 14.2 Å². The normalized spacial score (nSPS) is 19.4. The Kier molecular flexibility index (Phi) is 8.04. The number of methoxy groups -OCH3 is 3. The van der Waals surface area contributed by atoms with Gasteiger partial charge in [0.25, 0.3) is 0 Å². The number of halogens is 2. The number of alkyl halides is 1. The molecule has 1 N–H and O–H groups in total. The van der Waals surface area contributed by atoms with Crippen molar-refractivity contribution in [3.05, 3.63) is 35.4 Å². The number of anilines is 1. The van der Waals surface area contributed by atoms with E-state index < -0.39 is 27.5 Å². The van der Waals surface area contributed by atoms with E-state index in [-0.39, 0.29) is 41.6 Å². The maximum atomic E-state index is 14.1. The molecule has 16 heteroatoms. The fraction of sp³-hybridized carbons (Fsp3) is 0.524. The first-order valence-corrected chi connectivity index (χ1v) is 13.2. The van der Waals surface area contributed by atoms with Crippen LogP contribution in [0.5, 0.6) is 11.8 Å². The minimum atomic E-state index is -4.18. The third-order valence-corrected chi connectivity index (χ3v) is 7.97. The van der Waals surface area contributed by atoms with Gasteiger partial charge >= 0.3 is 0 Å². The largest absolute Gasteiger partial charge is 0.479 e. The summed E-state index contributed by atoms with van der Waals surface area (Å²) >= 11 is 5.86. The maximum Gasteiger partial charge on any atom is 0.245 e. The van der Waals surface area contributed by atoms with Crippen LogP contribution in [0.2, 0.25) is 5.02 Å². The number of ether oxygens (including phenoxy) is 3. The second-order valence-electron chi connectivity index (χ2n) is 8.33. The van der Waals surface area contributed by atoms with Gasteiger partial charge in [0, 0.05) is 25.4 Å². The lowest BCUT2D eigenvalue weighted by molar-refractivity contribution is 0.0950. The summed E-state index contributed by atoms with van der Waals surface area (Å²) in [6, 6.07) is 0. The first-order valence-electron chi connectivity index (χ1n) is 11.2. The van der Waals surface area contributed by atoms with Gasteiger partial charge in [-0.25, -0.2) is 22.8 Å². The molecular weight excluding hydrogens is 531 g/mol. The maximum absolute atomic E-state index is 14.1. The molecule has 1 aliphatic carbocycles. The summed E-state index contributed by atoms with van der Waals surface area (Å²) in [6.45, 7) is 1.44. The first-order chi connectivity index (χ1) is 17.7. The van der Waals surface area contributed by atoms with E-state index in [4.69, 9.17) is 25.8 Å². The summed E-state index contributed by atoms with van der Waals surface area (Å²) in [4.78, 5) is 16.4. The van der Waals surface area contributed by atoms with E-state index in [0.717, 1.165) is 0 Å². The summed E-state index contributed by atoms with van der Waals surface area (Å²) in [7, 11) is -0.0493. The Morgan fingerprint density at radius 3 is 2.27 bits per heavy atom. The summed E-state index contributed by atoms with van der Waals surface area (Å²) in [6.07, 6.45) is 2.95. The lowest BCUT2D eigenvalue weighted by atomic mass is 10.1. The molecule has 37 heavy (non-hydrogen) atoms. The second kappa shape index (κ2) is 11.1. The number of nitrogens with zero attached hydrogens (tertiary/aromatic N) is 7. The van der Waals surface area contributed by atoms with Crippen molar-refractivity contribution in [3.8, 4) is 17.4 Å². The third kappa shape index (κ3) is 5.43. The van der Waals surface area contributed by atoms with Crippen LogP contribution in [-0.4, -0.2) is 75.9 Å². The SMILES string of the molecule is COc1ncnc(OC)c1-n1c(NS(=O)(=O)[C@@H](C)[C@H](OC)c2ncc(Cl)cn2)nnc1[C@@H]1CC[C@@H](F)C1. The van der Waals surface area contributed by atoms with Gasteiger partial charge < -0.3 is 14.2 Å². The fourth-order valence-corrected chi connectivity index (χ4v) is 5.43. The van der Waals surface area contributed by atoms with Crippen molar-refractivity contribution in [3.63, 3.8) is 0 Å². The summed E-state index contributed by atoms with van der Waals surface area (Å²) < 4.78 is 61.2. The summed E-state index contributed by atoms with van der Waals surface area (Å²) in [5.41, 5.74) is 0.171. The van der Waals surface area contributed by atoms with E-state index in [1.807, 2.05) is 0 Å². The molecule has 1 fully saturated rings. The second-order valence-corrected chi connectivity index (χ2v) is 10.8. The zero-order valence-electron chi connectivity index (χ0n) is 20.5. The highest BCUT2D eigenvalue weighted by atomic mass is 35.5. The Labute approximate surface area is 217 Å². The summed E-state index contributed by atoms with van der Waals surface area (Å²) in [5, 5.41) is 7.43. The first kappa shape index (κ1) is 26.9. The van der Waals surface area contributed by atoms with Crippen molar-refractivity contribution >= 4 is 27.6 Å². The van der Waals surface area contributed by atoms with Gasteiger partial charge in [0.05, 0.1) is 19.2 Å². The highest BCUT2D eigenvalue weighted by molar-refractivity contribution is 7.93. The Morgan fingerprint density at radius 1 is 1.08 bits per heavy atom. The van der Waals surface area contributed by atoms with E-state index in [9.17, 15) is 12.8 Å². The number of rotatable bonds is 10. The quantitative estimate of drug-likeness (QED) is 0.391. The van der Waals surface area contributed by atoms with Crippen LogP contribution in [0.1, 0.15) is 49.9 Å². The molecule has 1 saturated carbocycles.